The second-order valence-corrected chi connectivity index (χ2v) is 5.40. The standard InChI is InChI=1S/C12H9BrN2S.ClH/c13-11-8-3-1-2-4-10(8)16-12(11)9-5-6-14-7-15-9;/h1-7,9H,(H,14,15);1H. The number of hydrogen-bond donors (Lipinski definition) is 1. The van der Waals surface area contributed by atoms with E-state index in [0.29, 0.717) is 0 Å². The third-order valence-electron chi connectivity index (χ3n) is 2.51. The number of halogens is 2. The third kappa shape index (κ3) is 2.25. The normalized spacial score (nSPS) is 17.8. The highest BCUT2D eigenvalue weighted by Crippen LogP contribution is 2.40. The number of hydrogen-bond acceptors (Lipinski definition) is 3. The number of aliphatic imine (C=N–C) groups is 1. The van der Waals surface area contributed by atoms with E-state index in [2.05, 4.69) is 56.6 Å². The number of thiophene rings is 1. The molecule has 0 aliphatic carbocycles. The molecule has 2 aromatic rings. The minimum atomic E-state index is 0. The van der Waals surface area contributed by atoms with Crippen LogP contribution in [0.2, 0.25) is 0 Å². The van der Waals surface area contributed by atoms with E-state index in [-0.39, 0.29) is 18.4 Å². The highest BCUT2D eigenvalue weighted by molar-refractivity contribution is 9.10. The first-order valence-electron chi connectivity index (χ1n) is 4.97. The van der Waals surface area contributed by atoms with Gasteiger partial charge in [0, 0.05) is 25.6 Å². The van der Waals surface area contributed by atoms with Gasteiger partial charge in [-0.1, -0.05) is 18.2 Å². The van der Waals surface area contributed by atoms with Crippen molar-refractivity contribution in [1.82, 2.24) is 5.32 Å². The average Bonchev–Trinajstić information content (AvgIpc) is 2.69. The molecule has 3 rings (SSSR count). The lowest BCUT2D eigenvalue weighted by Crippen LogP contribution is -2.07. The van der Waals surface area contributed by atoms with Gasteiger partial charge in [0.05, 0.1) is 6.34 Å². The summed E-state index contributed by atoms with van der Waals surface area (Å²) in [6.07, 6.45) is 5.73. The van der Waals surface area contributed by atoms with Crippen LogP contribution in [0.4, 0.5) is 0 Å². The van der Waals surface area contributed by atoms with E-state index in [0.717, 1.165) is 0 Å². The molecule has 0 spiro atoms. The van der Waals surface area contributed by atoms with Crippen molar-refractivity contribution in [3.05, 3.63) is 45.9 Å². The van der Waals surface area contributed by atoms with Crippen molar-refractivity contribution in [3.63, 3.8) is 0 Å². The predicted molar refractivity (Wildman–Crippen MR) is 80.3 cm³/mol. The zero-order valence-electron chi connectivity index (χ0n) is 8.76. The van der Waals surface area contributed by atoms with Gasteiger partial charge in [0.25, 0.3) is 0 Å². The van der Waals surface area contributed by atoms with Gasteiger partial charge in [0.1, 0.15) is 6.04 Å². The fourth-order valence-corrected chi connectivity index (χ4v) is 3.82. The highest BCUT2D eigenvalue weighted by atomic mass is 79.9. The second kappa shape index (κ2) is 5.21. The molecule has 88 valence electrons. The highest BCUT2D eigenvalue weighted by Gasteiger charge is 2.16. The Morgan fingerprint density at radius 3 is 2.82 bits per heavy atom. The lowest BCUT2D eigenvalue weighted by Gasteiger charge is -2.09. The summed E-state index contributed by atoms with van der Waals surface area (Å²) in [6.45, 7) is 0. The van der Waals surface area contributed by atoms with Crippen LogP contribution >= 0.6 is 39.7 Å². The van der Waals surface area contributed by atoms with Crippen LogP contribution in [0, 0.1) is 0 Å². The average molecular weight is 330 g/mol. The van der Waals surface area contributed by atoms with Gasteiger partial charge in [-0.3, -0.25) is 4.99 Å². The second-order valence-electron chi connectivity index (χ2n) is 3.53. The summed E-state index contributed by atoms with van der Waals surface area (Å²) in [5, 5.41) is 4.22. The molecule has 17 heavy (non-hydrogen) atoms. The Balaban J connectivity index is 0.00000108. The van der Waals surface area contributed by atoms with E-state index in [1.165, 1.54) is 19.4 Å². The summed E-state index contributed by atoms with van der Waals surface area (Å²) in [5.74, 6) is 0. The summed E-state index contributed by atoms with van der Waals surface area (Å²) >= 11 is 5.46. The first-order chi connectivity index (χ1) is 7.86. The molecule has 0 radical (unpaired) electrons. The number of benzene rings is 1. The minimum Gasteiger partial charge on any atom is -0.353 e. The fourth-order valence-electron chi connectivity index (χ4n) is 1.74. The zero-order chi connectivity index (χ0) is 11.0. The number of fused-ring (bicyclic) bond motifs is 1. The van der Waals surface area contributed by atoms with Crippen LogP contribution in [0.3, 0.4) is 0 Å². The van der Waals surface area contributed by atoms with E-state index in [4.69, 9.17) is 0 Å². The molecule has 1 aromatic heterocycles. The molecule has 5 heteroatoms. The van der Waals surface area contributed by atoms with Gasteiger partial charge in [-0.15, -0.1) is 23.7 Å². The number of nitrogens with zero attached hydrogens (tertiary/aromatic N) is 1. The van der Waals surface area contributed by atoms with Gasteiger partial charge >= 0.3 is 0 Å². The van der Waals surface area contributed by atoms with Crippen molar-refractivity contribution >= 4 is 56.1 Å². The molecular formula is C12H10BrClN2S. The van der Waals surface area contributed by atoms with Gasteiger partial charge in [-0.25, -0.2) is 0 Å². The lowest BCUT2D eigenvalue weighted by atomic mass is 10.2. The van der Waals surface area contributed by atoms with Crippen LogP contribution in [-0.4, -0.2) is 6.34 Å². The molecule has 2 heterocycles. The zero-order valence-corrected chi connectivity index (χ0v) is 12.0. The molecule has 0 saturated heterocycles. The van der Waals surface area contributed by atoms with Crippen molar-refractivity contribution in [1.29, 1.82) is 0 Å². The van der Waals surface area contributed by atoms with E-state index in [1.807, 2.05) is 6.20 Å². The maximum atomic E-state index is 4.41. The predicted octanol–water partition coefficient (Wildman–Crippen LogP) is 4.27. The third-order valence-corrected chi connectivity index (χ3v) is 4.87. The molecule has 0 fully saturated rings. The Bertz CT molecular complexity index is 579. The van der Waals surface area contributed by atoms with Crippen LogP contribution < -0.4 is 5.32 Å². The Hall–Kier alpha value is -0.840. The molecule has 1 aromatic carbocycles. The summed E-state index contributed by atoms with van der Waals surface area (Å²) in [6, 6.07) is 8.53. The van der Waals surface area contributed by atoms with E-state index >= 15 is 0 Å². The molecule has 0 amide bonds. The molecule has 0 bridgehead atoms. The minimum absolute atomic E-state index is 0. The van der Waals surface area contributed by atoms with E-state index in [1.54, 1.807) is 17.7 Å². The molecule has 1 aliphatic heterocycles. The Kier molecular flexibility index (Phi) is 3.86. The number of rotatable bonds is 1. The molecule has 1 aliphatic rings. The van der Waals surface area contributed by atoms with Gasteiger partial charge in [0.15, 0.2) is 0 Å². The molecular weight excluding hydrogens is 320 g/mol. The van der Waals surface area contributed by atoms with Crippen LogP contribution in [0.25, 0.3) is 10.1 Å². The van der Waals surface area contributed by atoms with E-state index < -0.39 is 0 Å². The topological polar surface area (TPSA) is 24.4 Å². The van der Waals surface area contributed by atoms with Crippen molar-refractivity contribution in [2.75, 3.05) is 0 Å². The Morgan fingerprint density at radius 2 is 2.12 bits per heavy atom. The maximum absolute atomic E-state index is 4.41. The Labute approximate surface area is 118 Å². The van der Waals surface area contributed by atoms with Crippen molar-refractivity contribution in [2.45, 2.75) is 6.04 Å². The smallest absolute Gasteiger partial charge is 0.107 e. The monoisotopic (exact) mass is 328 g/mol. The van der Waals surface area contributed by atoms with Gasteiger partial charge < -0.3 is 5.32 Å². The van der Waals surface area contributed by atoms with Gasteiger partial charge in [-0.05, 0) is 28.1 Å². The summed E-state index contributed by atoms with van der Waals surface area (Å²) in [7, 11) is 0. The van der Waals surface area contributed by atoms with Crippen LogP contribution in [0.5, 0.6) is 0 Å². The molecule has 2 nitrogen and oxygen atoms in total. The maximum Gasteiger partial charge on any atom is 0.107 e. The number of nitrogens with one attached hydrogen (secondary N) is 1. The molecule has 0 saturated carbocycles. The van der Waals surface area contributed by atoms with Crippen LogP contribution in [-0.2, 0) is 0 Å². The first kappa shape index (κ1) is 12.6. The molecule has 1 atom stereocenters. The molecule has 1 unspecified atom stereocenters. The largest absolute Gasteiger partial charge is 0.353 e. The van der Waals surface area contributed by atoms with Crippen LogP contribution in [0.1, 0.15) is 10.9 Å². The SMILES string of the molecule is Brc1c(C2C=CNC=N2)sc2ccccc12.Cl. The summed E-state index contributed by atoms with van der Waals surface area (Å²) in [5.41, 5.74) is 0. The summed E-state index contributed by atoms with van der Waals surface area (Å²) in [4.78, 5) is 5.67. The first-order valence-corrected chi connectivity index (χ1v) is 6.58. The van der Waals surface area contributed by atoms with Crippen molar-refractivity contribution in [3.8, 4) is 0 Å². The Morgan fingerprint density at radius 1 is 1.29 bits per heavy atom. The van der Waals surface area contributed by atoms with Gasteiger partial charge in [-0.2, -0.15) is 0 Å². The lowest BCUT2D eigenvalue weighted by molar-refractivity contribution is 0.901. The molecule has 1 N–H and O–H groups in total. The fraction of sp³-hybridized carbons (Fsp3) is 0.0833. The van der Waals surface area contributed by atoms with Crippen LogP contribution in [0.15, 0.2) is 46.0 Å². The van der Waals surface area contributed by atoms with E-state index in [9.17, 15) is 0 Å². The van der Waals surface area contributed by atoms with Crippen molar-refractivity contribution in [2.24, 2.45) is 4.99 Å². The summed E-state index contributed by atoms with van der Waals surface area (Å²) < 4.78 is 2.47. The quantitative estimate of drug-likeness (QED) is 0.830. The van der Waals surface area contributed by atoms with Gasteiger partial charge in [0.2, 0.25) is 0 Å². The van der Waals surface area contributed by atoms with Crippen molar-refractivity contribution < 1.29 is 0 Å².